The molecule has 0 unspecified atom stereocenters. The number of alkyl carbamates (subject to hydrolysis) is 1. The summed E-state index contributed by atoms with van der Waals surface area (Å²) in [5.74, 6) is 1.29. The van der Waals surface area contributed by atoms with Crippen molar-refractivity contribution in [2.45, 2.75) is 102 Å². The second-order valence-electron chi connectivity index (χ2n) is 12.7. The van der Waals surface area contributed by atoms with Gasteiger partial charge in [0.2, 0.25) is 0 Å². The van der Waals surface area contributed by atoms with Crippen molar-refractivity contribution in [2.24, 2.45) is 0 Å². The van der Waals surface area contributed by atoms with E-state index in [1.165, 1.54) is 5.56 Å². The number of aromatic nitrogens is 1. The van der Waals surface area contributed by atoms with Crippen LogP contribution in [-0.4, -0.2) is 29.3 Å². The molecule has 7 heteroatoms. The van der Waals surface area contributed by atoms with Crippen LogP contribution in [0.3, 0.4) is 0 Å². The van der Waals surface area contributed by atoms with Crippen LogP contribution < -0.4 is 10.1 Å². The number of carbonyl (C=O) groups is 1. The average molecular weight is 591 g/mol. The SMILES string of the molecule is C[C@H](CCCCNC(=O)OC(C)(C)C)c1ccc(Cl)c(COC2(c3cnccc3-c3ccccc3OC3CC3)CC2)c1. The lowest BCUT2D eigenvalue weighted by atomic mass is 9.94. The summed E-state index contributed by atoms with van der Waals surface area (Å²) < 4.78 is 18.2. The van der Waals surface area contributed by atoms with E-state index in [0.717, 1.165) is 78.0 Å². The fraction of sp³-hybridized carbons (Fsp3) is 0.486. The fourth-order valence-electron chi connectivity index (χ4n) is 5.23. The molecular weight excluding hydrogens is 548 g/mol. The molecule has 2 saturated carbocycles. The zero-order valence-corrected chi connectivity index (χ0v) is 26.0. The highest BCUT2D eigenvalue weighted by Crippen LogP contribution is 2.53. The van der Waals surface area contributed by atoms with Crippen LogP contribution >= 0.6 is 11.6 Å². The summed E-state index contributed by atoms with van der Waals surface area (Å²) in [4.78, 5) is 16.3. The number of nitrogens with zero attached hydrogens (tertiary/aromatic N) is 1. The lowest BCUT2D eigenvalue weighted by Gasteiger charge is -2.22. The molecule has 0 aliphatic heterocycles. The molecule has 2 aliphatic rings. The Kier molecular flexibility index (Phi) is 9.44. The van der Waals surface area contributed by atoms with Crippen molar-refractivity contribution in [3.63, 3.8) is 0 Å². The summed E-state index contributed by atoms with van der Waals surface area (Å²) in [6.45, 7) is 8.88. The molecule has 42 heavy (non-hydrogen) atoms. The van der Waals surface area contributed by atoms with E-state index in [9.17, 15) is 4.79 Å². The van der Waals surface area contributed by atoms with E-state index in [0.29, 0.717) is 25.2 Å². The molecule has 6 nitrogen and oxygen atoms in total. The summed E-state index contributed by atoms with van der Waals surface area (Å²) in [7, 11) is 0. The number of carbonyl (C=O) groups excluding carboxylic acids is 1. The van der Waals surface area contributed by atoms with Gasteiger partial charge in [0.05, 0.1) is 18.3 Å². The number of para-hydroxylation sites is 1. The van der Waals surface area contributed by atoms with Crippen LogP contribution in [0.2, 0.25) is 5.02 Å². The van der Waals surface area contributed by atoms with E-state index in [1.54, 1.807) is 0 Å². The third-order valence-electron chi connectivity index (χ3n) is 7.89. The highest BCUT2D eigenvalue weighted by Gasteiger charge is 2.47. The van der Waals surface area contributed by atoms with Crippen molar-refractivity contribution in [1.29, 1.82) is 0 Å². The molecule has 0 saturated heterocycles. The minimum Gasteiger partial charge on any atom is -0.490 e. The minimum atomic E-state index is -0.482. The number of benzene rings is 2. The van der Waals surface area contributed by atoms with Crippen LogP contribution in [0.4, 0.5) is 4.79 Å². The van der Waals surface area contributed by atoms with Gasteiger partial charge in [-0.25, -0.2) is 4.79 Å². The fourth-order valence-corrected chi connectivity index (χ4v) is 5.40. The number of ether oxygens (including phenoxy) is 3. The van der Waals surface area contributed by atoms with Crippen LogP contribution in [0.25, 0.3) is 11.1 Å². The number of nitrogens with one attached hydrogen (secondary N) is 1. The van der Waals surface area contributed by atoms with Gasteiger partial charge >= 0.3 is 6.09 Å². The normalized spacial score (nSPS) is 16.5. The minimum absolute atomic E-state index is 0.327. The number of amides is 1. The maximum absolute atomic E-state index is 11.9. The number of hydrogen-bond acceptors (Lipinski definition) is 5. The highest BCUT2D eigenvalue weighted by atomic mass is 35.5. The summed E-state index contributed by atoms with van der Waals surface area (Å²) >= 11 is 6.66. The smallest absolute Gasteiger partial charge is 0.407 e. The molecule has 0 radical (unpaired) electrons. The van der Waals surface area contributed by atoms with Crippen LogP contribution in [0.15, 0.2) is 60.9 Å². The van der Waals surface area contributed by atoms with Gasteiger partial charge in [0, 0.05) is 35.1 Å². The number of rotatable bonds is 13. The Morgan fingerprint density at radius 2 is 1.88 bits per heavy atom. The molecule has 1 aromatic heterocycles. The summed E-state index contributed by atoms with van der Waals surface area (Å²) in [5.41, 5.74) is 4.71. The topological polar surface area (TPSA) is 69.7 Å². The van der Waals surface area contributed by atoms with Gasteiger partial charge < -0.3 is 19.5 Å². The van der Waals surface area contributed by atoms with Gasteiger partial charge in [-0.15, -0.1) is 0 Å². The van der Waals surface area contributed by atoms with Gasteiger partial charge in [-0.1, -0.05) is 55.3 Å². The average Bonchev–Trinajstić information content (AvgIpc) is 3.89. The molecule has 1 N–H and O–H groups in total. The third kappa shape index (κ3) is 8.05. The maximum atomic E-state index is 11.9. The molecule has 0 spiro atoms. The van der Waals surface area contributed by atoms with Crippen LogP contribution in [0.5, 0.6) is 5.75 Å². The Labute approximate surface area is 255 Å². The molecule has 1 atom stereocenters. The highest BCUT2D eigenvalue weighted by molar-refractivity contribution is 6.31. The van der Waals surface area contributed by atoms with Gasteiger partial charge in [-0.05, 0) is 100 Å². The molecule has 5 rings (SSSR count). The van der Waals surface area contributed by atoms with E-state index < -0.39 is 5.60 Å². The predicted octanol–water partition coefficient (Wildman–Crippen LogP) is 8.95. The zero-order valence-electron chi connectivity index (χ0n) is 25.3. The zero-order chi connectivity index (χ0) is 29.7. The second-order valence-corrected chi connectivity index (χ2v) is 13.1. The van der Waals surface area contributed by atoms with Crippen molar-refractivity contribution in [3.05, 3.63) is 82.6 Å². The van der Waals surface area contributed by atoms with Crippen LogP contribution in [0, 0.1) is 0 Å². The number of unbranched alkanes of at least 4 members (excludes halogenated alkanes) is 1. The molecule has 2 fully saturated rings. The van der Waals surface area contributed by atoms with Gasteiger partial charge in [-0.2, -0.15) is 0 Å². The molecule has 0 bridgehead atoms. The molecule has 1 amide bonds. The Bertz CT molecular complexity index is 1380. The van der Waals surface area contributed by atoms with Gasteiger partial charge in [0.25, 0.3) is 0 Å². The van der Waals surface area contributed by atoms with Crippen molar-refractivity contribution >= 4 is 17.7 Å². The number of pyridine rings is 1. The molecule has 224 valence electrons. The first kappa shape index (κ1) is 30.4. The molecule has 2 aliphatic carbocycles. The summed E-state index contributed by atoms with van der Waals surface area (Å²) in [6.07, 6.45) is 10.8. The summed E-state index contributed by atoms with van der Waals surface area (Å²) in [5, 5.41) is 3.56. The third-order valence-corrected chi connectivity index (χ3v) is 8.25. The first-order valence-electron chi connectivity index (χ1n) is 15.2. The van der Waals surface area contributed by atoms with E-state index in [-0.39, 0.29) is 11.7 Å². The molecule has 2 aromatic carbocycles. The molecule has 3 aromatic rings. The number of halogens is 1. The van der Waals surface area contributed by atoms with Gasteiger partial charge in [0.1, 0.15) is 11.4 Å². The second kappa shape index (κ2) is 13.0. The van der Waals surface area contributed by atoms with Crippen LogP contribution in [-0.2, 0) is 21.7 Å². The van der Waals surface area contributed by atoms with Gasteiger partial charge in [-0.3, -0.25) is 4.98 Å². The Morgan fingerprint density at radius 3 is 2.62 bits per heavy atom. The van der Waals surface area contributed by atoms with Crippen molar-refractivity contribution in [1.82, 2.24) is 10.3 Å². The predicted molar refractivity (Wildman–Crippen MR) is 167 cm³/mol. The van der Waals surface area contributed by atoms with Crippen LogP contribution in [0.1, 0.15) is 95.2 Å². The number of hydrogen-bond donors (Lipinski definition) is 1. The van der Waals surface area contributed by atoms with E-state index in [1.807, 2.05) is 45.3 Å². The summed E-state index contributed by atoms with van der Waals surface area (Å²) in [6, 6.07) is 16.6. The lowest BCUT2D eigenvalue weighted by molar-refractivity contribution is 0.0173. The first-order chi connectivity index (χ1) is 20.1. The largest absolute Gasteiger partial charge is 0.490 e. The monoisotopic (exact) mass is 590 g/mol. The van der Waals surface area contributed by atoms with E-state index in [4.69, 9.17) is 25.8 Å². The molecular formula is C35H43ClN2O4. The van der Waals surface area contributed by atoms with Crippen molar-refractivity contribution < 1.29 is 19.0 Å². The van der Waals surface area contributed by atoms with Crippen molar-refractivity contribution in [3.8, 4) is 16.9 Å². The Morgan fingerprint density at radius 1 is 1.10 bits per heavy atom. The standard InChI is InChI=1S/C35H43ClN2O4/c1-24(9-7-8-19-38-33(39)42-34(2,3)4)25-12-15-31(36)26(21-25)23-40-35(17-18-35)30-22-37-20-16-28(30)29-10-5-6-11-32(29)41-27-13-14-27/h5-6,10-12,15-16,20-22,24,27H,7-9,13-14,17-19,23H2,1-4H3,(H,38,39)/t24-/m1/s1. The van der Waals surface area contributed by atoms with E-state index in [2.05, 4.69) is 53.6 Å². The Hall–Kier alpha value is -3.09. The Balaban J connectivity index is 1.20. The maximum Gasteiger partial charge on any atom is 0.407 e. The quantitative estimate of drug-likeness (QED) is 0.201. The van der Waals surface area contributed by atoms with E-state index >= 15 is 0 Å². The lowest BCUT2D eigenvalue weighted by Crippen LogP contribution is -2.33. The van der Waals surface area contributed by atoms with Gasteiger partial charge in [0.15, 0.2) is 0 Å². The first-order valence-corrected chi connectivity index (χ1v) is 15.6. The molecule has 1 heterocycles. The van der Waals surface area contributed by atoms with Crippen molar-refractivity contribution in [2.75, 3.05) is 6.54 Å².